The van der Waals surface area contributed by atoms with Crippen LogP contribution in [0.25, 0.3) is 0 Å². The predicted molar refractivity (Wildman–Crippen MR) is 65.1 cm³/mol. The largest absolute Gasteiger partial charge is 0.312 e. The number of halogens is 1. The zero-order valence-corrected chi connectivity index (χ0v) is 10.4. The molecule has 1 heterocycles. The third-order valence-corrected chi connectivity index (χ3v) is 2.79. The molecule has 1 aromatic heterocycles. The van der Waals surface area contributed by atoms with Gasteiger partial charge in [-0.1, -0.05) is 19.8 Å². The lowest BCUT2D eigenvalue weighted by atomic mass is 10.2. The first kappa shape index (κ1) is 13.0. The van der Waals surface area contributed by atoms with Crippen LogP contribution in [0.4, 0.5) is 0 Å². The molecule has 0 amide bonds. The van der Waals surface area contributed by atoms with Gasteiger partial charge in [-0.15, -0.1) is 0 Å². The highest BCUT2D eigenvalue weighted by Crippen LogP contribution is 2.04. The van der Waals surface area contributed by atoms with E-state index in [4.69, 9.17) is 11.6 Å². The smallest absolute Gasteiger partial charge is 0.262 e. The van der Waals surface area contributed by atoms with Crippen molar-refractivity contribution in [3.63, 3.8) is 0 Å². The van der Waals surface area contributed by atoms with Crippen LogP contribution in [0.15, 0.2) is 16.9 Å². The van der Waals surface area contributed by atoms with Crippen LogP contribution in [-0.2, 0) is 6.54 Å². The molecule has 0 radical (unpaired) electrons. The molecule has 0 aliphatic rings. The Morgan fingerprint density at radius 1 is 1.38 bits per heavy atom. The van der Waals surface area contributed by atoms with Crippen LogP contribution in [-0.4, -0.2) is 9.81 Å². The number of hydrogen-bond acceptors (Lipinski definition) is 2. The summed E-state index contributed by atoms with van der Waals surface area (Å²) in [6.07, 6.45) is 3.12. The van der Waals surface area contributed by atoms with Gasteiger partial charge < -0.3 is 4.57 Å². The van der Waals surface area contributed by atoms with Crippen LogP contribution >= 0.6 is 11.6 Å². The van der Waals surface area contributed by atoms with E-state index in [2.05, 4.69) is 6.92 Å². The van der Waals surface area contributed by atoms with Gasteiger partial charge in [0.1, 0.15) is 0 Å². The Bertz CT molecular complexity index is 437. The molecule has 0 aliphatic heterocycles. The van der Waals surface area contributed by atoms with Crippen molar-refractivity contribution in [3.8, 4) is 0 Å². The van der Waals surface area contributed by atoms with Gasteiger partial charge in [0.05, 0.1) is 5.56 Å². The molecule has 16 heavy (non-hydrogen) atoms. The second kappa shape index (κ2) is 5.85. The van der Waals surface area contributed by atoms with Crippen LogP contribution in [0.1, 0.15) is 42.2 Å². The fourth-order valence-electron chi connectivity index (χ4n) is 1.62. The van der Waals surface area contributed by atoms with E-state index in [9.17, 15) is 9.59 Å². The highest BCUT2D eigenvalue weighted by molar-refractivity contribution is 6.67. The van der Waals surface area contributed by atoms with Crippen LogP contribution in [0, 0.1) is 6.92 Å². The maximum atomic E-state index is 11.9. The highest BCUT2D eigenvalue weighted by atomic mass is 35.5. The normalized spacial score (nSPS) is 10.4. The summed E-state index contributed by atoms with van der Waals surface area (Å²) in [5, 5.41) is -0.686. The van der Waals surface area contributed by atoms with Crippen molar-refractivity contribution in [1.29, 1.82) is 0 Å². The number of rotatable bonds is 5. The van der Waals surface area contributed by atoms with Crippen molar-refractivity contribution in [1.82, 2.24) is 4.57 Å². The molecule has 0 unspecified atom stereocenters. The third kappa shape index (κ3) is 2.95. The van der Waals surface area contributed by atoms with Crippen molar-refractivity contribution in [2.24, 2.45) is 0 Å². The summed E-state index contributed by atoms with van der Waals surface area (Å²) in [5.74, 6) is 0. The minimum absolute atomic E-state index is 0.0590. The van der Waals surface area contributed by atoms with E-state index in [1.54, 1.807) is 10.6 Å². The number of pyridine rings is 1. The second-order valence-electron chi connectivity index (χ2n) is 3.83. The molecule has 0 bridgehead atoms. The molecule has 88 valence electrons. The third-order valence-electron chi connectivity index (χ3n) is 2.59. The molecule has 1 rings (SSSR count). The van der Waals surface area contributed by atoms with E-state index >= 15 is 0 Å². The zero-order valence-electron chi connectivity index (χ0n) is 9.62. The first-order chi connectivity index (χ1) is 7.57. The number of nitrogens with zero attached hydrogens (tertiary/aromatic N) is 1. The Balaban J connectivity index is 3.02. The van der Waals surface area contributed by atoms with Gasteiger partial charge in [0.15, 0.2) is 0 Å². The fourth-order valence-corrected chi connectivity index (χ4v) is 1.76. The molecule has 1 aromatic rings. The van der Waals surface area contributed by atoms with Crippen LogP contribution < -0.4 is 5.56 Å². The van der Waals surface area contributed by atoms with Gasteiger partial charge in [0, 0.05) is 12.2 Å². The van der Waals surface area contributed by atoms with Gasteiger partial charge in [-0.25, -0.2) is 0 Å². The van der Waals surface area contributed by atoms with E-state index in [1.807, 2.05) is 6.92 Å². The lowest BCUT2D eigenvalue weighted by molar-refractivity contribution is 0.107. The molecule has 4 heteroatoms. The van der Waals surface area contributed by atoms with Gasteiger partial charge in [0.2, 0.25) is 0 Å². The summed E-state index contributed by atoms with van der Waals surface area (Å²) in [5.41, 5.74) is 0.641. The standard InChI is InChI=1S/C12H16ClNO2/c1-3-4-5-8-14-9(2)6-7-10(11(13)15)12(14)16/h6-7H,3-5,8H2,1-2H3. The molecular weight excluding hydrogens is 226 g/mol. The Morgan fingerprint density at radius 2 is 2.06 bits per heavy atom. The number of carbonyl (C=O) groups is 1. The number of carbonyl (C=O) groups excluding carboxylic acids is 1. The summed E-state index contributed by atoms with van der Waals surface area (Å²) >= 11 is 5.34. The maximum absolute atomic E-state index is 11.9. The quantitative estimate of drug-likeness (QED) is 0.587. The Labute approximate surface area is 100 Å². The monoisotopic (exact) mass is 241 g/mol. The molecule has 0 saturated heterocycles. The average molecular weight is 242 g/mol. The van der Waals surface area contributed by atoms with Crippen molar-refractivity contribution in [2.45, 2.75) is 39.7 Å². The number of aryl methyl sites for hydroxylation is 1. The zero-order chi connectivity index (χ0) is 12.1. The summed E-state index contributed by atoms with van der Waals surface area (Å²) in [6, 6.07) is 3.24. The van der Waals surface area contributed by atoms with Crippen molar-refractivity contribution in [3.05, 3.63) is 33.7 Å². The van der Waals surface area contributed by atoms with E-state index in [0.29, 0.717) is 6.54 Å². The summed E-state index contributed by atoms with van der Waals surface area (Å²) < 4.78 is 1.62. The van der Waals surface area contributed by atoms with Crippen LogP contribution in [0.2, 0.25) is 0 Å². The number of aromatic nitrogens is 1. The molecule has 0 saturated carbocycles. The minimum Gasteiger partial charge on any atom is -0.312 e. The molecule has 0 fully saturated rings. The van der Waals surface area contributed by atoms with Crippen molar-refractivity contribution < 1.29 is 4.79 Å². The number of unbranched alkanes of at least 4 members (excludes halogenated alkanes) is 2. The van der Waals surface area contributed by atoms with E-state index < -0.39 is 5.24 Å². The predicted octanol–water partition coefficient (Wildman–Crippen LogP) is 2.73. The van der Waals surface area contributed by atoms with Crippen molar-refractivity contribution >= 4 is 16.8 Å². The lowest BCUT2D eigenvalue weighted by Crippen LogP contribution is -2.26. The number of hydrogen-bond donors (Lipinski definition) is 0. The summed E-state index contributed by atoms with van der Waals surface area (Å²) in [6.45, 7) is 4.61. The van der Waals surface area contributed by atoms with Crippen LogP contribution in [0.5, 0.6) is 0 Å². The van der Waals surface area contributed by atoms with E-state index in [0.717, 1.165) is 25.0 Å². The van der Waals surface area contributed by atoms with Crippen molar-refractivity contribution in [2.75, 3.05) is 0 Å². The Kier molecular flexibility index (Phi) is 4.74. The molecule has 0 spiro atoms. The molecular formula is C12H16ClNO2. The molecule has 3 nitrogen and oxygen atoms in total. The van der Waals surface area contributed by atoms with E-state index in [1.165, 1.54) is 6.07 Å². The average Bonchev–Trinajstić information content (AvgIpc) is 2.22. The van der Waals surface area contributed by atoms with Gasteiger partial charge in [-0.05, 0) is 37.1 Å². The maximum Gasteiger partial charge on any atom is 0.262 e. The van der Waals surface area contributed by atoms with Crippen LogP contribution in [0.3, 0.4) is 0 Å². The van der Waals surface area contributed by atoms with Gasteiger partial charge >= 0.3 is 0 Å². The summed E-state index contributed by atoms with van der Waals surface area (Å²) in [4.78, 5) is 22.9. The van der Waals surface area contributed by atoms with Gasteiger partial charge in [-0.3, -0.25) is 9.59 Å². The lowest BCUT2D eigenvalue weighted by Gasteiger charge is -2.10. The molecule has 0 atom stereocenters. The Morgan fingerprint density at radius 3 is 2.62 bits per heavy atom. The molecule has 0 aliphatic carbocycles. The molecule has 0 aromatic carbocycles. The Hall–Kier alpha value is -1.09. The van der Waals surface area contributed by atoms with Gasteiger partial charge in [-0.2, -0.15) is 0 Å². The van der Waals surface area contributed by atoms with Gasteiger partial charge in [0.25, 0.3) is 10.8 Å². The first-order valence-electron chi connectivity index (χ1n) is 5.48. The topological polar surface area (TPSA) is 39.1 Å². The summed E-state index contributed by atoms with van der Waals surface area (Å²) in [7, 11) is 0. The highest BCUT2D eigenvalue weighted by Gasteiger charge is 2.10. The van der Waals surface area contributed by atoms with E-state index in [-0.39, 0.29) is 11.1 Å². The molecule has 0 N–H and O–H groups in total. The fraction of sp³-hybridized carbons (Fsp3) is 0.500. The second-order valence-corrected chi connectivity index (χ2v) is 4.17. The minimum atomic E-state index is -0.686. The SMILES string of the molecule is CCCCCn1c(C)ccc(C(=O)Cl)c1=O. The first-order valence-corrected chi connectivity index (χ1v) is 5.86.